The zero-order chi connectivity index (χ0) is 13.5. The van der Waals surface area contributed by atoms with E-state index in [-0.39, 0.29) is 0 Å². The average Bonchev–Trinajstić information content (AvgIpc) is 2.86. The molecular weight excluding hydrogens is 262 g/mol. The highest BCUT2D eigenvalue weighted by Gasteiger charge is 2.01. The summed E-state index contributed by atoms with van der Waals surface area (Å²) in [5.74, 6) is 0.881. The second-order valence-corrected chi connectivity index (χ2v) is 4.68. The van der Waals surface area contributed by atoms with Crippen LogP contribution in [0.4, 0.5) is 5.95 Å². The summed E-state index contributed by atoms with van der Waals surface area (Å²) in [7, 11) is 1.70. The van der Waals surface area contributed by atoms with E-state index in [1.165, 1.54) is 5.56 Å². The van der Waals surface area contributed by atoms with Gasteiger partial charge >= 0.3 is 0 Å². The summed E-state index contributed by atoms with van der Waals surface area (Å²) < 4.78 is 7.11. The molecule has 0 fully saturated rings. The van der Waals surface area contributed by atoms with E-state index in [1.54, 1.807) is 13.3 Å². The van der Waals surface area contributed by atoms with Crippen LogP contribution in [-0.2, 0) is 17.7 Å². The van der Waals surface area contributed by atoms with Gasteiger partial charge in [-0.05, 0) is 24.1 Å². The molecule has 1 heterocycles. The number of ether oxygens (including phenoxy) is 1. The Morgan fingerprint density at radius 3 is 2.84 bits per heavy atom. The molecule has 0 atom stereocenters. The second-order valence-electron chi connectivity index (χ2n) is 4.24. The van der Waals surface area contributed by atoms with Gasteiger partial charge in [0.15, 0.2) is 0 Å². The van der Waals surface area contributed by atoms with Crippen molar-refractivity contribution >= 4 is 17.5 Å². The summed E-state index contributed by atoms with van der Waals surface area (Å²) in [5, 5.41) is 4.10. The number of benzene rings is 1. The van der Waals surface area contributed by atoms with Gasteiger partial charge in [-0.2, -0.15) is 0 Å². The van der Waals surface area contributed by atoms with Crippen molar-refractivity contribution in [2.75, 3.05) is 25.6 Å². The van der Waals surface area contributed by atoms with Gasteiger partial charge in [-0.1, -0.05) is 23.7 Å². The Morgan fingerprint density at radius 1 is 1.32 bits per heavy atom. The third-order valence-corrected chi connectivity index (χ3v) is 3.11. The first kappa shape index (κ1) is 13.9. The fourth-order valence-corrected chi connectivity index (χ4v) is 1.94. The minimum Gasteiger partial charge on any atom is -0.383 e. The molecule has 0 aliphatic heterocycles. The number of methoxy groups -OCH3 is 1. The smallest absolute Gasteiger partial charge is 0.202 e. The Bertz CT molecular complexity index is 496. The maximum atomic E-state index is 5.86. The third-order valence-electron chi connectivity index (χ3n) is 2.86. The van der Waals surface area contributed by atoms with Gasteiger partial charge in [0.25, 0.3) is 0 Å². The lowest BCUT2D eigenvalue weighted by atomic mass is 10.1. The molecule has 0 saturated carbocycles. The molecule has 0 radical (unpaired) electrons. The summed E-state index contributed by atoms with van der Waals surface area (Å²) in [5.41, 5.74) is 1.26. The van der Waals surface area contributed by atoms with Crippen molar-refractivity contribution in [1.82, 2.24) is 9.55 Å². The van der Waals surface area contributed by atoms with E-state index in [1.807, 2.05) is 35.0 Å². The van der Waals surface area contributed by atoms with Crippen LogP contribution in [0.25, 0.3) is 0 Å². The van der Waals surface area contributed by atoms with Crippen LogP contribution in [0.2, 0.25) is 5.02 Å². The van der Waals surface area contributed by atoms with Crippen LogP contribution in [0, 0.1) is 0 Å². The summed E-state index contributed by atoms with van der Waals surface area (Å²) in [6.07, 6.45) is 4.68. The average molecular weight is 280 g/mol. The topological polar surface area (TPSA) is 39.1 Å². The first-order chi connectivity index (χ1) is 9.29. The van der Waals surface area contributed by atoms with Crippen molar-refractivity contribution in [1.29, 1.82) is 0 Å². The zero-order valence-corrected chi connectivity index (χ0v) is 11.7. The molecule has 1 aromatic carbocycles. The number of nitrogens with zero attached hydrogens (tertiary/aromatic N) is 2. The van der Waals surface area contributed by atoms with Gasteiger partial charge in [0.2, 0.25) is 5.95 Å². The van der Waals surface area contributed by atoms with Gasteiger partial charge in [0.1, 0.15) is 0 Å². The number of halogens is 1. The molecule has 2 aromatic rings. The van der Waals surface area contributed by atoms with Crippen molar-refractivity contribution in [3.8, 4) is 0 Å². The SMILES string of the molecule is COCCn1ccnc1NCCc1ccc(Cl)cc1. The van der Waals surface area contributed by atoms with Crippen LogP contribution in [0.3, 0.4) is 0 Å². The minimum absolute atomic E-state index is 0.683. The molecule has 5 heteroatoms. The lowest BCUT2D eigenvalue weighted by Crippen LogP contribution is -2.12. The minimum atomic E-state index is 0.683. The standard InChI is InChI=1S/C14H18ClN3O/c1-19-11-10-18-9-8-17-14(18)16-7-6-12-2-4-13(15)5-3-12/h2-5,8-9H,6-7,10-11H2,1H3,(H,16,17). The van der Waals surface area contributed by atoms with Crippen molar-refractivity contribution in [3.63, 3.8) is 0 Å². The fourth-order valence-electron chi connectivity index (χ4n) is 1.82. The van der Waals surface area contributed by atoms with Gasteiger partial charge in [-0.25, -0.2) is 4.98 Å². The molecule has 4 nitrogen and oxygen atoms in total. The van der Waals surface area contributed by atoms with E-state index in [0.717, 1.165) is 30.5 Å². The predicted molar refractivity (Wildman–Crippen MR) is 77.7 cm³/mol. The Hall–Kier alpha value is -1.52. The van der Waals surface area contributed by atoms with E-state index < -0.39 is 0 Å². The van der Waals surface area contributed by atoms with E-state index in [0.29, 0.717) is 6.61 Å². The summed E-state index contributed by atoms with van der Waals surface area (Å²) in [6, 6.07) is 7.91. The van der Waals surface area contributed by atoms with Gasteiger partial charge < -0.3 is 14.6 Å². The van der Waals surface area contributed by atoms with Crippen molar-refractivity contribution in [2.45, 2.75) is 13.0 Å². The van der Waals surface area contributed by atoms with Crippen molar-refractivity contribution in [3.05, 3.63) is 47.2 Å². The summed E-state index contributed by atoms with van der Waals surface area (Å²) >= 11 is 5.86. The molecule has 0 aliphatic carbocycles. The van der Waals surface area contributed by atoms with Gasteiger partial charge in [0, 0.05) is 37.6 Å². The number of nitrogens with one attached hydrogen (secondary N) is 1. The zero-order valence-electron chi connectivity index (χ0n) is 11.0. The van der Waals surface area contributed by atoms with E-state index in [9.17, 15) is 0 Å². The van der Waals surface area contributed by atoms with Crippen LogP contribution >= 0.6 is 11.6 Å². The Labute approximate surface area is 118 Å². The lowest BCUT2D eigenvalue weighted by molar-refractivity contribution is 0.187. The number of anilines is 1. The Balaban J connectivity index is 1.82. The van der Waals surface area contributed by atoms with Crippen molar-refractivity contribution < 1.29 is 4.74 Å². The number of aromatic nitrogens is 2. The highest BCUT2D eigenvalue weighted by molar-refractivity contribution is 6.30. The highest BCUT2D eigenvalue weighted by atomic mass is 35.5. The molecule has 2 rings (SSSR count). The van der Waals surface area contributed by atoms with Crippen molar-refractivity contribution in [2.24, 2.45) is 0 Å². The van der Waals surface area contributed by atoms with Gasteiger partial charge in [-0.15, -0.1) is 0 Å². The Kier molecular flexibility index (Phi) is 5.24. The second kappa shape index (κ2) is 7.16. The molecule has 0 bridgehead atoms. The van der Waals surface area contributed by atoms with Crippen LogP contribution in [0.15, 0.2) is 36.7 Å². The van der Waals surface area contributed by atoms with Crippen LogP contribution in [-0.4, -0.2) is 29.8 Å². The van der Waals surface area contributed by atoms with Gasteiger partial charge in [-0.3, -0.25) is 0 Å². The molecule has 0 amide bonds. The maximum Gasteiger partial charge on any atom is 0.202 e. The fraction of sp³-hybridized carbons (Fsp3) is 0.357. The lowest BCUT2D eigenvalue weighted by Gasteiger charge is -2.09. The van der Waals surface area contributed by atoms with E-state index >= 15 is 0 Å². The third kappa shape index (κ3) is 4.26. The van der Waals surface area contributed by atoms with Crippen LogP contribution in [0.5, 0.6) is 0 Å². The van der Waals surface area contributed by atoms with E-state index in [4.69, 9.17) is 16.3 Å². The molecule has 102 valence electrons. The largest absolute Gasteiger partial charge is 0.383 e. The molecule has 19 heavy (non-hydrogen) atoms. The molecule has 0 aliphatic rings. The monoisotopic (exact) mass is 279 g/mol. The number of hydrogen-bond donors (Lipinski definition) is 1. The summed E-state index contributed by atoms with van der Waals surface area (Å²) in [4.78, 5) is 4.29. The quantitative estimate of drug-likeness (QED) is 0.847. The molecule has 1 aromatic heterocycles. The van der Waals surface area contributed by atoms with E-state index in [2.05, 4.69) is 10.3 Å². The van der Waals surface area contributed by atoms with Gasteiger partial charge in [0.05, 0.1) is 6.61 Å². The first-order valence-electron chi connectivity index (χ1n) is 6.28. The molecule has 0 saturated heterocycles. The normalized spacial score (nSPS) is 10.6. The maximum absolute atomic E-state index is 5.86. The number of hydrogen-bond acceptors (Lipinski definition) is 3. The number of imidazole rings is 1. The van der Waals surface area contributed by atoms with Crippen LogP contribution in [0.1, 0.15) is 5.56 Å². The molecule has 0 spiro atoms. The first-order valence-corrected chi connectivity index (χ1v) is 6.66. The summed E-state index contributed by atoms with van der Waals surface area (Å²) in [6.45, 7) is 2.33. The molecule has 1 N–H and O–H groups in total. The predicted octanol–water partition coefficient (Wildman–Crippen LogP) is 2.84. The number of rotatable bonds is 7. The Morgan fingerprint density at radius 2 is 2.11 bits per heavy atom. The molecular formula is C14H18ClN3O. The highest BCUT2D eigenvalue weighted by Crippen LogP contribution is 2.10. The molecule has 0 unspecified atom stereocenters. The van der Waals surface area contributed by atoms with Crippen LogP contribution < -0.4 is 5.32 Å².